The number of nitrogens with one attached hydrogen (secondary N) is 1. The molecule has 0 saturated heterocycles. The zero-order valence-electron chi connectivity index (χ0n) is 16.4. The normalized spacial score (nSPS) is 10.6. The van der Waals surface area contributed by atoms with Gasteiger partial charge in [-0.25, -0.2) is 4.98 Å². The molecule has 7 heteroatoms. The number of ether oxygens (including phenoxy) is 1. The lowest BCUT2D eigenvalue weighted by Crippen LogP contribution is -2.28. The molecule has 0 atom stereocenters. The number of aromatic nitrogens is 3. The number of hydrogen-bond acceptors (Lipinski definition) is 6. The molecule has 4 rings (SSSR count). The summed E-state index contributed by atoms with van der Waals surface area (Å²) in [5.74, 6) is 0.269. The quantitative estimate of drug-likeness (QED) is 0.452. The molecular formula is C23H20N4O2S. The molecule has 0 unspecified atom stereocenters. The maximum Gasteiger partial charge on any atom is 0.263 e. The zero-order chi connectivity index (χ0) is 20.8. The van der Waals surface area contributed by atoms with Gasteiger partial charge >= 0.3 is 0 Å². The Morgan fingerprint density at radius 1 is 0.933 bits per heavy atom. The highest BCUT2D eigenvalue weighted by Crippen LogP contribution is 2.27. The van der Waals surface area contributed by atoms with E-state index < -0.39 is 0 Å². The van der Waals surface area contributed by atoms with Crippen molar-refractivity contribution in [2.24, 2.45) is 0 Å². The largest absolute Gasteiger partial charge is 0.475 e. The Hall–Kier alpha value is -3.58. The minimum atomic E-state index is -0.152. The third-order valence-corrected chi connectivity index (χ3v) is 5.58. The number of carbonyl (C=O) groups excluding carboxylic acids is 1. The average molecular weight is 417 g/mol. The van der Waals surface area contributed by atoms with E-state index in [0.717, 1.165) is 27.5 Å². The molecule has 30 heavy (non-hydrogen) atoms. The average Bonchev–Trinajstić information content (AvgIpc) is 3.20. The molecule has 0 saturated carbocycles. The molecule has 6 nitrogen and oxygen atoms in total. The molecule has 0 radical (unpaired) electrons. The number of carbonyl (C=O) groups is 1. The summed E-state index contributed by atoms with van der Waals surface area (Å²) in [4.78, 5) is 17.6. The second kappa shape index (κ2) is 9.28. The summed E-state index contributed by atoms with van der Waals surface area (Å²) >= 11 is 1.39. The van der Waals surface area contributed by atoms with E-state index in [4.69, 9.17) is 4.74 Å². The second-order valence-corrected chi connectivity index (χ2v) is 7.53. The molecule has 0 aliphatic rings. The summed E-state index contributed by atoms with van der Waals surface area (Å²) in [6.07, 6.45) is 0. The van der Waals surface area contributed by atoms with Crippen molar-refractivity contribution in [3.05, 3.63) is 83.4 Å². The molecule has 0 fully saturated rings. The van der Waals surface area contributed by atoms with Crippen molar-refractivity contribution in [2.45, 2.75) is 6.92 Å². The Morgan fingerprint density at radius 3 is 2.30 bits per heavy atom. The Kier molecular flexibility index (Phi) is 6.10. The molecule has 150 valence electrons. The fourth-order valence-corrected chi connectivity index (χ4v) is 3.86. The van der Waals surface area contributed by atoms with E-state index in [1.165, 1.54) is 11.3 Å². The summed E-state index contributed by atoms with van der Waals surface area (Å²) in [5.41, 5.74) is 3.51. The monoisotopic (exact) mass is 416 g/mol. The summed E-state index contributed by atoms with van der Waals surface area (Å²) < 4.78 is 5.59. The van der Waals surface area contributed by atoms with Gasteiger partial charge in [0.2, 0.25) is 5.88 Å². The van der Waals surface area contributed by atoms with Gasteiger partial charge in [-0.15, -0.1) is 21.5 Å². The second-order valence-electron chi connectivity index (χ2n) is 6.53. The molecule has 0 aliphatic carbocycles. The van der Waals surface area contributed by atoms with Crippen LogP contribution in [0.4, 0.5) is 0 Å². The highest BCUT2D eigenvalue weighted by Gasteiger charge is 2.15. The van der Waals surface area contributed by atoms with Crippen LogP contribution in [0.2, 0.25) is 0 Å². The van der Waals surface area contributed by atoms with Gasteiger partial charge in [-0.05, 0) is 13.0 Å². The number of benzene rings is 2. The number of hydrogen-bond donors (Lipinski definition) is 1. The van der Waals surface area contributed by atoms with Crippen molar-refractivity contribution in [1.29, 1.82) is 0 Å². The van der Waals surface area contributed by atoms with Crippen LogP contribution in [-0.4, -0.2) is 34.2 Å². The first-order chi connectivity index (χ1) is 14.7. The Labute approximate surface area is 178 Å². The SMILES string of the molecule is Cc1nc(-c2ccccc2)sc1C(=O)NCCOc1ccc(-c2ccccc2)nn1. The van der Waals surface area contributed by atoms with Crippen LogP contribution >= 0.6 is 11.3 Å². The summed E-state index contributed by atoms with van der Waals surface area (Å²) in [6.45, 7) is 2.51. The van der Waals surface area contributed by atoms with Gasteiger partial charge in [0, 0.05) is 17.2 Å². The maximum atomic E-state index is 12.5. The maximum absolute atomic E-state index is 12.5. The molecule has 2 aromatic heterocycles. The first kappa shape index (κ1) is 19.7. The van der Waals surface area contributed by atoms with Crippen molar-refractivity contribution in [2.75, 3.05) is 13.2 Å². The summed E-state index contributed by atoms with van der Waals surface area (Å²) in [5, 5.41) is 12.0. The summed E-state index contributed by atoms with van der Waals surface area (Å²) in [6, 6.07) is 23.3. The van der Waals surface area contributed by atoms with E-state index in [0.29, 0.717) is 23.9 Å². The van der Waals surface area contributed by atoms with E-state index in [2.05, 4.69) is 20.5 Å². The predicted molar refractivity (Wildman–Crippen MR) is 118 cm³/mol. The molecule has 1 amide bonds. The summed E-state index contributed by atoms with van der Waals surface area (Å²) in [7, 11) is 0. The fraction of sp³-hybridized carbons (Fsp3) is 0.130. The first-order valence-corrected chi connectivity index (χ1v) is 10.4. The van der Waals surface area contributed by atoms with Gasteiger partial charge in [-0.2, -0.15) is 0 Å². The molecule has 0 spiro atoms. The molecule has 1 N–H and O–H groups in total. The highest BCUT2D eigenvalue weighted by atomic mass is 32.1. The Bertz CT molecular complexity index is 1110. The van der Waals surface area contributed by atoms with Gasteiger partial charge in [0.05, 0.1) is 17.9 Å². The van der Waals surface area contributed by atoms with E-state index >= 15 is 0 Å². The minimum absolute atomic E-state index is 0.152. The van der Waals surface area contributed by atoms with Crippen LogP contribution in [0.25, 0.3) is 21.8 Å². The Morgan fingerprint density at radius 2 is 1.63 bits per heavy atom. The van der Waals surface area contributed by atoms with E-state index in [1.807, 2.05) is 73.7 Å². The van der Waals surface area contributed by atoms with Gasteiger partial charge < -0.3 is 10.1 Å². The van der Waals surface area contributed by atoms with E-state index in [-0.39, 0.29) is 5.91 Å². The van der Waals surface area contributed by atoms with Crippen molar-refractivity contribution in [3.8, 4) is 27.7 Å². The van der Waals surface area contributed by atoms with Crippen molar-refractivity contribution < 1.29 is 9.53 Å². The molecule has 4 aromatic rings. The standard InChI is InChI=1S/C23H20N4O2S/c1-16-21(30-23(25-16)18-10-6-3-7-11-18)22(28)24-14-15-29-20-13-12-19(26-27-20)17-8-4-2-5-9-17/h2-13H,14-15H2,1H3,(H,24,28). The number of aryl methyl sites for hydroxylation is 1. The van der Waals surface area contributed by atoms with Crippen LogP contribution in [0.3, 0.4) is 0 Å². The molecular weight excluding hydrogens is 396 g/mol. The van der Waals surface area contributed by atoms with Crippen LogP contribution < -0.4 is 10.1 Å². The molecule has 2 aromatic carbocycles. The van der Waals surface area contributed by atoms with Crippen molar-refractivity contribution in [1.82, 2.24) is 20.5 Å². The van der Waals surface area contributed by atoms with Gasteiger partial charge in [0.1, 0.15) is 16.5 Å². The minimum Gasteiger partial charge on any atom is -0.475 e. The van der Waals surface area contributed by atoms with Crippen LogP contribution in [0.5, 0.6) is 5.88 Å². The van der Waals surface area contributed by atoms with Crippen LogP contribution in [0.1, 0.15) is 15.4 Å². The van der Waals surface area contributed by atoms with Gasteiger partial charge in [0.15, 0.2) is 0 Å². The van der Waals surface area contributed by atoms with Crippen LogP contribution in [0.15, 0.2) is 72.8 Å². The van der Waals surface area contributed by atoms with E-state index in [1.54, 1.807) is 6.07 Å². The van der Waals surface area contributed by atoms with Gasteiger partial charge in [-0.1, -0.05) is 60.7 Å². The predicted octanol–water partition coefficient (Wildman–Crippen LogP) is 4.38. The number of nitrogens with zero attached hydrogens (tertiary/aromatic N) is 3. The van der Waals surface area contributed by atoms with Crippen LogP contribution in [0, 0.1) is 6.92 Å². The number of rotatable bonds is 7. The van der Waals surface area contributed by atoms with E-state index in [9.17, 15) is 4.79 Å². The lowest BCUT2D eigenvalue weighted by molar-refractivity contribution is 0.0949. The smallest absolute Gasteiger partial charge is 0.263 e. The Balaban J connectivity index is 1.29. The highest BCUT2D eigenvalue weighted by molar-refractivity contribution is 7.17. The van der Waals surface area contributed by atoms with Crippen molar-refractivity contribution in [3.63, 3.8) is 0 Å². The molecule has 0 aliphatic heterocycles. The zero-order valence-corrected chi connectivity index (χ0v) is 17.2. The van der Waals surface area contributed by atoms with Gasteiger partial charge in [-0.3, -0.25) is 4.79 Å². The number of amides is 1. The third-order valence-electron chi connectivity index (χ3n) is 4.37. The first-order valence-electron chi connectivity index (χ1n) is 9.54. The fourth-order valence-electron chi connectivity index (χ4n) is 2.87. The number of thiazole rings is 1. The topological polar surface area (TPSA) is 77.0 Å². The molecule has 2 heterocycles. The lowest BCUT2D eigenvalue weighted by atomic mass is 10.1. The third kappa shape index (κ3) is 4.69. The molecule has 0 bridgehead atoms. The van der Waals surface area contributed by atoms with Crippen molar-refractivity contribution >= 4 is 17.2 Å². The van der Waals surface area contributed by atoms with Gasteiger partial charge in [0.25, 0.3) is 5.91 Å². The lowest BCUT2D eigenvalue weighted by Gasteiger charge is -2.07. The van der Waals surface area contributed by atoms with Crippen LogP contribution in [-0.2, 0) is 0 Å².